The lowest BCUT2D eigenvalue weighted by Crippen LogP contribution is -2.52. The molecule has 1 saturated heterocycles. The SMILES string of the molecule is CN1CCCN[C@@H](Cc2ccc(Cl)cc2)CC(=O)N[C@H]2CCc3ccccc3N(CC(=O)N[C@H](Cc3ccc(Cl)c(/C=C/c4ccccc4)c3)CC1=O)C2=O. The summed E-state index contributed by atoms with van der Waals surface area (Å²) in [6.07, 6.45) is 6.70. The second kappa shape index (κ2) is 19.1. The van der Waals surface area contributed by atoms with Gasteiger partial charge in [-0.15, -0.1) is 0 Å². The molecule has 0 saturated carbocycles. The molecule has 4 aromatic carbocycles. The Hall–Kier alpha value is -4.96. The zero-order valence-electron chi connectivity index (χ0n) is 31.0. The molecule has 55 heavy (non-hydrogen) atoms. The van der Waals surface area contributed by atoms with Gasteiger partial charge < -0.3 is 25.8 Å². The van der Waals surface area contributed by atoms with Crippen molar-refractivity contribution in [1.29, 1.82) is 0 Å². The van der Waals surface area contributed by atoms with Crippen LogP contribution < -0.4 is 20.9 Å². The minimum Gasteiger partial charge on any atom is -0.351 e. The normalized spacial score (nSPS) is 20.6. The van der Waals surface area contributed by atoms with Crippen molar-refractivity contribution >= 4 is 64.7 Å². The molecule has 0 unspecified atom stereocenters. The van der Waals surface area contributed by atoms with Gasteiger partial charge in [0.15, 0.2) is 0 Å². The van der Waals surface area contributed by atoms with Crippen molar-refractivity contribution in [2.75, 3.05) is 31.6 Å². The number of nitrogens with zero attached hydrogens (tertiary/aromatic N) is 2. The van der Waals surface area contributed by atoms with Gasteiger partial charge in [0.2, 0.25) is 23.6 Å². The topological polar surface area (TPSA) is 111 Å². The molecule has 0 aromatic heterocycles. The quantitative estimate of drug-likeness (QED) is 0.194. The lowest BCUT2D eigenvalue weighted by atomic mass is 10.00. The summed E-state index contributed by atoms with van der Waals surface area (Å²) in [4.78, 5) is 58.6. The van der Waals surface area contributed by atoms with E-state index in [0.29, 0.717) is 60.9 Å². The van der Waals surface area contributed by atoms with Crippen LogP contribution in [0.25, 0.3) is 12.2 Å². The maximum absolute atomic E-state index is 14.2. The Balaban J connectivity index is 1.26. The van der Waals surface area contributed by atoms with Crippen molar-refractivity contribution in [3.8, 4) is 0 Å². The molecule has 0 aliphatic carbocycles. The average Bonchev–Trinajstić information content (AvgIpc) is 3.29. The third-order valence-corrected chi connectivity index (χ3v) is 10.7. The molecule has 2 heterocycles. The maximum Gasteiger partial charge on any atom is 0.250 e. The molecule has 2 aliphatic rings. The summed E-state index contributed by atoms with van der Waals surface area (Å²) in [6.45, 7) is 0.789. The van der Waals surface area contributed by atoms with E-state index in [4.69, 9.17) is 23.2 Å². The Morgan fingerprint density at radius 1 is 0.764 bits per heavy atom. The smallest absolute Gasteiger partial charge is 0.250 e. The van der Waals surface area contributed by atoms with Gasteiger partial charge in [0.1, 0.15) is 12.6 Å². The number of anilines is 1. The summed E-state index contributed by atoms with van der Waals surface area (Å²) in [5.74, 6) is -1.12. The Kier molecular flexibility index (Phi) is 13.8. The monoisotopic (exact) mass is 779 g/mol. The summed E-state index contributed by atoms with van der Waals surface area (Å²) in [5, 5.41) is 10.8. The van der Waals surface area contributed by atoms with Crippen molar-refractivity contribution in [3.05, 3.63) is 135 Å². The minimum absolute atomic E-state index is 0.0654. The third-order valence-electron chi connectivity index (χ3n) is 10.1. The molecular formula is C44H47Cl2N5O4. The van der Waals surface area contributed by atoms with Crippen LogP contribution in [0.3, 0.4) is 0 Å². The molecule has 0 spiro atoms. The molecule has 3 atom stereocenters. The lowest BCUT2D eigenvalue weighted by Gasteiger charge is -2.28. The molecule has 2 bridgehead atoms. The van der Waals surface area contributed by atoms with Crippen LogP contribution in [-0.2, 0) is 38.4 Å². The third kappa shape index (κ3) is 11.3. The fourth-order valence-corrected chi connectivity index (χ4v) is 7.51. The lowest BCUT2D eigenvalue weighted by molar-refractivity contribution is -0.131. The highest BCUT2D eigenvalue weighted by Gasteiger charge is 2.33. The van der Waals surface area contributed by atoms with Crippen molar-refractivity contribution in [1.82, 2.24) is 20.9 Å². The minimum atomic E-state index is -0.815. The first kappa shape index (κ1) is 39.7. The first-order valence-electron chi connectivity index (χ1n) is 18.8. The van der Waals surface area contributed by atoms with E-state index in [9.17, 15) is 19.2 Å². The number of nitrogens with one attached hydrogen (secondary N) is 3. The number of para-hydroxylation sites is 1. The Morgan fingerprint density at radius 2 is 1.49 bits per heavy atom. The Bertz CT molecular complexity index is 2010. The zero-order valence-corrected chi connectivity index (χ0v) is 32.5. The fraction of sp³-hybridized carbons (Fsp3) is 0.318. The van der Waals surface area contributed by atoms with Gasteiger partial charge in [0.05, 0.1) is 0 Å². The number of aryl methyl sites for hydroxylation is 1. The number of benzene rings is 4. The van der Waals surface area contributed by atoms with Gasteiger partial charge in [-0.1, -0.05) is 108 Å². The number of hydrogen-bond donors (Lipinski definition) is 3. The number of carbonyl (C=O) groups is 4. The predicted octanol–water partition coefficient (Wildman–Crippen LogP) is 6.50. The molecular weight excluding hydrogens is 733 g/mol. The highest BCUT2D eigenvalue weighted by atomic mass is 35.5. The van der Waals surface area contributed by atoms with E-state index in [1.54, 1.807) is 11.9 Å². The highest BCUT2D eigenvalue weighted by Crippen LogP contribution is 2.28. The number of carbonyl (C=O) groups excluding carboxylic acids is 4. The summed E-state index contributed by atoms with van der Waals surface area (Å²) in [5.41, 5.74) is 5.32. The van der Waals surface area contributed by atoms with Gasteiger partial charge in [-0.25, -0.2) is 0 Å². The van der Waals surface area contributed by atoms with Crippen LogP contribution in [0.1, 0.15) is 53.5 Å². The van der Waals surface area contributed by atoms with Gasteiger partial charge in [0.25, 0.3) is 0 Å². The molecule has 4 amide bonds. The molecule has 11 heteroatoms. The first-order valence-corrected chi connectivity index (χ1v) is 19.6. The van der Waals surface area contributed by atoms with E-state index < -0.39 is 18.0 Å². The van der Waals surface area contributed by atoms with Crippen LogP contribution in [-0.4, -0.2) is 73.3 Å². The van der Waals surface area contributed by atoms with Crippen LogP contribution in [0.15, 0.2) is 97.1 Å². The van der Waals surface area contributed by atoms with E-state index in [-0.39, 0.29) is 43.1 Å². The van der Waals surface area contributed by atoms with Gasteiger partial charge in [-0.3, -0.25) is 19.2 Å². The second-order valence-electron chi connectivity index (χ2n) is 14.3. The number of fused-ring (bicyclic) bond motifs is 4. The number of amides is 4. The molecule has 2 aliphatic heterocycles. The number of hydrogen-bond acceptors (Lipinski definition) is 5. The second-order valence-corrected chi connectivity index (χ2v) is 15.2. The largest absolute Gasteiger partial charge is 0.351 e. The van der Waals surface area contributed by atoms with E-state index in [0.717, 1.165) is 27.8 Å². The van der Waals surface area contributed by atoms with E-state index in [2.05, 4.69) is 16.0 Å². The first-order chi connectivity index (χ1) is 26.6. The zero-order chi connectivity index (χ0) is 38.7. The molecule has 0 radical (unpaired) electrons. The van der Waals surface area contributed by atoms with Crippen molar-refractivity contribution in [2.24, 2.45) is 0 Å². The van der Waals surface area contributed by atoms with E-state index in [1.165, 1.54) is 4.90 Å². The van der Waals surface area contributed by atoms with Crippen LogP contribution in [0, 0.1) is 0 Å². The van der Waals surface area contributed by atoms with Crippen LogP contribution >= 0.6 is 23.2 Å². The maximum atomic E-state index is 14.2. The summed E-state index contributed by atoms with van der Waals surface area (Å²) >= 11 is 12.7. The molecule has 9 nitrogen and oxygen atoms in total. The summed E-state index contributed by atoms with van der Waals surface area (Å²) in [6, 6.07) is 29.1. The Labute approximate surface area is 333 Å². The fourth-order valence-electron chi connectivity index (χ4n) is 7.20. The van der Waals surface area contributed by atoms with Gasteiger partial charge >= 0.3 is 0 Å². The molecule has 1 fully saturated rings. The number of halogens is 2. The van der Waals surface area contributed by atoms with E-state index >= 15 is 0 Å². The van der Waals surface area contributed by atoms with E-state index in [1.807, 2.05) is 109 Å². The molecule has 286 valence electrons. The highest BCUT2D eigenvalue weighted by molar-refractivity contribution is 6.32. The summed E-state index contributed by atoms with van der Waals surface area (Å²) in [7, 11) is 1.76. The average molecular weight is 781 g/mol. The van der Waals surface area contributed by atoms with Crippen molar-refractivity contribution in [3.63, 3.8) is 0 Å². The van der Waals surface area contributed by atoms with Gasteiger partial charge in [0, 0.05) is 54.3 Å². The van der Waals surface area contributed by atoms with Crippen LogP contribution in [0.4, 0.5) is 5.69 Å². The predicted molar refractivity (Wildman–Crippen MR) is 220 cm³/mol. The summed E-state index contributed by atoms with van der Waals surface area (Å²) < 4.78 is 0. The van der Waals surface area contributed by atoms with Crippen LogP contribution in [0.2, 0.25) is 10.0 Å². The molecule has 4 aromatic rings. The van der Waals surface area contributed by atoms with Gasteiger partial charge in [-0.05, 0) is 90.7 Å². The standard InChI is InChI=1S/C44H47Cl2N5O4/c1-50-23-7-22-47-36(25-31-13-18-35(45)19-14-31)27-41(52)49-39-21-17-33-10-5-6-11-40(33)51(44(39)55)29-42(53)48-37(28-43(50)54)26-32-15-20-38(46)34(24-32)16-12-30-8-3-2-4-9-30/h2-6,8-16,18-20,24,36-37,39,47H,7,17,21-23,25-29H2,1H3,(H,48,53)(H,49,52)/b16-12+/t36-,37+,39-/m0/s1. The van der Waals surface area contributed by atoms with Crippen LogP contribution in [0.5, 0.6) is 0 Å². The molecule has 6 rings (SSSR count). The molecule has 3 N–H and O–H groups in total. The van der Waals surface area contributed by atoms with Crippen molar-refractivity contribution < 1.29 is 19.2 Å². The number of rotatable bonds is 6. The van der Waals surface area contributed by atoms with Gasteiger partial charge in [-0.2, -0.15) is 0 Å². The van der Waals surface area contributed by atoms with Crippen molar-refractivity contribution in [2.45, 2.75) is 63.1 Å². The Morgan fingerprint density at radius 3 is 2.29 bits per heavy atom.